The van der Waals surface area contributed by atoms with Crippen LogP contribution in [0.3, 0.4) is 0 Å². The molecule has 0 aliphatic heterocycles. The van der Waals surface area contributed by atoms with Crippen molar-refractivity contribution < 1.29 is 22.7 Å². The first-order valence-corrected chi connectivity index (χ1v) is 12.0. The summed E-state index contributed by atoms with van der Waals surface area (Å²) in [6, 6.07) is 8.93. The number of urea groups is 1. The number of anilines is 1. The molecule has 1 aliphatic rings. The Labute approximate surface area is 222 Å². The molecule has 3 N–H and O–H groups in total. The summed E-state index contributed by atoms with van der Waals surface area (Å²) < 4.78 is 42.4. The third-order valence-electron chi connectivity index (χ3n) is 5.68. The first kappa shape index (κ1) is 26.9. The molecule has 0 radical (unpaired) electrons. The van der Waals surface area contributed by atoms with Crippen molar-refractivity contribution in [1.82, 2.24) is 25.4 Å². The lowest BCUT2D eigenvalue weighted by Gasteiger charge is -2.17. The van der Waals surface area contributed by atoms with E-state index in [0.29, 0.717) is 23.6 Å². The number of aromatic nitrogens is 3. The van der Waals surface area contributed by atoms with Crippen LogP contribution in [0.4, 0.5) is 23.7 Å². The predicted octanol–water partition coefficient (Wildman–Crippen LogP) is 5.71. The second kappa shape index (κ2) is 11.1. The highest BCUT2D eigenvalue weighted by Crippen LogP contribution is 2.26. The average molecular weight is 543 g/mol. The van der Waals surface area contributed by atoms with E-state index in [0.717, 1.165) is 22.4 Å². The van der Waals surface area contributed by atoms with Gasteiger partial charge in [-0.25, -0.2) is 14.5 Å². The molecule has 8 nitrogen and oxygen atoms in total. The first-order chi connectivity index (χ1) is 18.0. The van der Waals surface area contributed by atoms with Crippen molar-refractivity contribution in [2.45, 2.75) is 39.5 Å². The minimum Gasteiger partial charge on any atom is -0.406 e. The molecular formula is C26H25F3N6O2S. The Morgan fingerprint density at radius 2 is 1.79 bits per heavy atom. The van der Waals surface area contributed by atoms with Gasteiger partial charge in [0.1, 0.15) is 12.1 Å². The number of nitrogens with one attached hydrogen (secondary N) is 3. The molecule has 4 rings (SSSR count). The fourth-order valence-electron chi connectivity index (χ4n) is 4.06. The second-order valence-corrected chi connectivity index (χ2v) is 9.17. The molecule has 2 amide bonds. The maximum absolute atomic E-state index is 12.4. The number of hydrogen-bond acceptors (Lipinski definition) is 5. The maximum atomic E-state index is 12.4. The standard InChI is InChI=1S/C26H25F3N6O2S/c1-15-12-16(2)22(17(3)13-15)32-25(38)33-24(36)31-19-6-4-18(5-7-19)23-30-14-35(34-23)20-8-10-21(11-9-20)37-26(27,28)29/h4,6-14,18H,5H2,1-3H3,(H3,31,32,33,36,38). The fourth-order valence-corrected chi connectivity index (χ4v) is 4.26. The average Bonchev–Trinajstić information content (AvgIpc) is 3.31. The highest BCUT2D eigenvalue weighted by Gasteiger charge is 2.31. The minimum absolute atomic E-state index is 0.132. The lowest BCUT2D eigenvalue weighted by atomic mass is 9.99. The van der Waals surface area contributed by atoms with Crippen LogP contribution in [0, 0.1) is 20.8 Å². The number of rotatable bonds is 5. The van der Waals surface area contributed by atoms with Crippen molar-refractivity contribution >= 4 is 29.0 Å². The molecule has 1 aliphatic carbocycles. The third-order valence-corrected chi connectivity index (χ3v) is 5.88. The van der Waals surface area contributed by atoms with Crippen LogP contribution >= 0.6 is 12.2 Å². The Kier molecular flexibility index (Phi) is 7.81. The van der Waals surface area contributed by atoms with E-state index in [1.165, 1.54) is 35.3 Å². The van der Waals surface area contributed by atoms with Gasteiger partial charge in [-0.1, -0.05) is 29.8 Å². The number of allylic oxidation sites excluding steroid dienone is 3. The van der Waals surface area contributed by atoms with Gasteiger partial charge in [0.15, 0.2) is 10.9 Å². The molecule has 0 saturated carbocycles. The first-order valence-electron chi connectivity index (χ1n) is 11.6. The van der Waals surface area contributed by atoms with E-state index in [1.807, 2.05) is 45.1 Å². The summed E-state index contributed by atoms with van der Waals surface area (Å²) in [5.41, 5.74) is 5.20. The van der Waals surface area contributed by atoms with Crippen molar-refractivity contribution in [3.63, 3.8) is 0 Å². The van der Waals surface area contributed by atoms with Crippen molar-refractivity contribution in [2.24, 2.45) is 0 Å². The van der Waals surface area contributed by atoms with Crippen LogP contribution in [0.2, 0.25) is 0 Å². The van der Waals surface area contributed by atoms with Crippen LogP contribution in [-0.4, -0.2) is 32.3 Å². The zero-order valence-corrected chi connectivity index (χ0v) is 21.6. The summed E-state index contributed by atoms with van der Waals surface area (Å²) in [4.78, 5) is 16.7. The molecule has 0 spiro atoms. The van der Waals surface area contributed by atoms with Crippen molar-refractivity contribution in [2.75, 3.05) is 5.32 Å². The number of benzene rings is 2. The van der Waals surface area contributed by atoms with Gasteiger partial charge < -0.3 is 15.4 Å². The molecule has 1 atom stereocenters. The van der Waals surface area contributed by atoms with E-state index in [4.69, 9.17) is 12.2 Å². The maximum Gasteiger partial charge on any atom is 0.573 e. The van der Waals surface area contributed by atoms with Gasteiger partial charge >= 0.3 is 12.4 Å². The molecule has 0 bridgehead atoms. The number of alkyl halides is 3. The van der Waals surface area contributed by atoms with E-state index >= 15 is 0 Å². The van der Waals surface area contributed by atoms with Crippen LogP contribution in [0.25, 0.3) is 5.69 Å². The monoisotopic (exact) mass is 542 g/mol. The SMILES string of the molecule is Cc1cc(C)c(NC(=S)NC(=O)NC2=CCC(c3ncn(-c4ccc(OC(F)(F)F)cc4)n3)C=C2)c(C)c1. The van der Waals surface area contributed by atoms with Crippen LogP contribution in [0.5, 0.6) is 5.75 Å². The number of aryl methyl sites for hydroxylation is 3. The molecule has 198 valence electrons. The molecule has 1 unspecified atom stereocenters. The third kappa shape index (κ3) is 6.97. The molecule has 0 fully saturated rings. The molecule has 1 heterocycles. The number of thiocarbonyl (C=S) groups is 1. The zero-order chi connectivity index (χ0) is 27.4. The minimum atomic E-state index is -4.75. The Balaban J connectivity index is 1.29. The van der Waals surface area contributed by atoms with Crippen molar-refractivity contribution in [3.05, 3.63) is 89.2 Å². The lowest BCUT2D eigenvalue weighted by molar-refractivity contribution is -0.274. The molecule has 0 saturated heterocycles. The van der Waals surface area contributed by atoms with E-state index in [1.54, 1.807) is 6.08 Å². The lowest BCUT2D eigenvalue weighted by Crippen LogP contribution is -2.41. The number of amides is 2. The Morgan fingerprint density at radius 1 is 1.11 bits per heavy atom. The topological polar surface area (TPSA) is 93.1 Å². The zero-order valence-electron chi connectivity index (χ0n) is 20.8. The van der Waals surface area contributed by atoms with Crippen molar-refractivity contribution in [1.29, 1.82) is 0 Å². The summed E-state index contributed by atoms with van der Waals surface area (Å²) in [5, 5.41) is 13.1. The summed E-state index contributed by atoms with van der Waals surface area (Å²) in [6.45, 7) is 5.96. The number of ether oxygens (including phenoxy) is 1. The second-order valence-electron chi connectivity index (χ2n) is 8.76. The van der Waals surface area contributed by atoms with Crippen LogP contribution in [0.1, 0.15) is 34.9 Å². The van der Waals surface area contributed by atoms with E-state index < -0.39 is 12.4 Å². The summed E-state index contributed by atoms with van der Waals surface area (Å²) >= 11 is 5.29. The Morgan fingerprint density at radius 3 is 2.39 bits per heavy atom. The number of nitrogens with zero attached hydrogens (tertiary/aromatic N) is 3. The highest BCUT2D eigenvalue weighted by molar-refractivity contribution is 7.80. The molecule has 3 aromatic rings. The van der Waals surface area contributed by atoms with Crippen LogP contribution in [0.15, 0.2) is 66.7 Å². The number of carbonyl (C=O) groups is 1. The summed E-state index contributed by atoms with van der Waals surface area (Å²) in [5.74, 6) is 0.0849. The van der Waals surface area contributed by atoms with Gasteiger partial charge in [-0.05, 0) is 80.9 Å². The van der Waals surface area contributed by atoms with Gasteiger partial charge in [0.05, 0.1) is 5.69 Å². The molecular weight excluding hydrogens is 517 g/mol. The van der Waals surface area contributed by atoms with Crippen LogP contribution < -0.4 is 20.7 Å². The van der Waals surface area contributed by atoms with E-state index in [2.05, 4.69) is 30.8 Å². The van der Waals surface area contributed by atoms with Gasteiger partial charge in [0.2, 0.25) is 0 Å². The fraction of sp³-hybridized carbons (Fsp3) is 0.231. The smallest absolute Gasteiger partial charge is 0.406 e. The highest BCUT2D eigenvalue weighted by atomic mass is 32.1. The number of halogens is 3. The van der Waals surface area contributed by atoms with Crippen LogP contribution in [-0.2, 0) is 0 Å². The van der Waals surface area contributed by atoms with Gasteiger partial charge in [-0.15, -0.1) is 13.2 Å². The predicted molar refractivity (Wildman–Crippen MR) is 141 cm³/mol. The Hall–Kier alpha value is -4.19. The van der Waals surface area contributed by atoms with Crippen molar-refractivity contribution in [3.8, 4) is 11.4 Å². The van der Waals surface area contributed by atoms with E-state index in [9.17, 15) is 18.0 Å². The molecule has 2 aromatic carbocycles. The number of hydrogen-bond donors (Lipinski definition) is 3. The molecule has 38 heavy (non-hydrogen) atoms. The summed E-state index contributed by atoms with van der Waals surface area (Å²) in [7, 11) is 0. The summed E-state index contributed by atoms with van der Waals surface area (Å²) in [6.07, 6.45) is 2.74. The Bertz CT molecular complexity index is 1390. The molecule has 12 heteroatoms. The number of carbonyl (C=O) groups excluding carboxylic acids is 1. The molecule has 1 aromatic heterocycles. The van der Waals surface area contributed by atoms with Gasteiger partial charge in [0, 0.05) is 17.3 Å². The normalized spacial score (nSPS) is 15.0. The van der Waals surface area contributed by atoms with Gasteiger partial charge in [-0.3, -0.25) is 5.32 Å². The largest absolute Gasteiger partial charge is 0.573 e. The van der Waals surface area contributed by atoms with Gasteiger partial charge in [-0.2, -0.15) is 5.10 Å². The van der Waals surface area contributed by atoms with E-state index in [-0.39, 0.29) is 16.8 Å². The quantitative estimate of drug-likeness (QED) is 0.358. The van der Waals surface area contributed by atoms with Gasteiger partial charge in [0.25, 0.3) is 0 Å².